The Morgan fingerprint density at radius 3 is 2.46 bits per heavy atom. The molecule has 0 fully saturated rings. The average Bonchev–Trinajstić information content (AvgIpc) is 2.61. The molecule has 2 aromatic rings. The van der Waals surface area contributed by atoms with Crippen LogP contribution in [0.3, 0.4) is 0 Å². The second-order valence-corrected chi connectivity index (χ2v) is 5.77. The number of amides is 1. The van der Waals surface area contributed by atoms with Gasteiger partial charge in [0.1, 0.15) is 5.75 Å². The molecule has 0 atom stereocenters. The van der Waals surface area contributed by atoms with E-state index in [0.29, 0.717) is 19.5 Å². The van der Waals surface area contributed by atoms with Crippen molar-refractivity contribution in [2.45, 2.75) is 26.3 Å². The summed E-state index contributed by atoms with van der Waals surface area (Å²) < 4.78 is 5.33. The quantitative estimate of drug-likeness (QED) is 0.697. The molecule has 1 amide bonds. The summed E-state index contributed by atoms with van der Waals surface area (Å²) in [5.74, 6) is 0.985. The SMILES string of the molecule is COc1ccccc1CCNCCC(=O)NCc1ccccc1C. The van der Waals surface area contributed by atoms with Crippen LogP contribution in [0.2, 0.25) is 0 Å². The number of rotatable bonds is 9. The van der Waals surface area contributed by atoms with E-state index in [1.165, 1.54) is 11.1 Å². The summed E-state index contributed by atoms with van der Waals surface area (Å²) in [6, 6.07) is 16.1. The lowest BCUT2D eigenvalue weighted by atomic mass is 10.1. The molecular formula is C20H26N2O2. The standard InChI is InChI=1S/C20H26N2O2/c1-16-7-3-4-9-18(16)15-22-20(23)12-14-21-13-11-17-8-5-6-10-19(17)24-2/h3-10,21H,11-15H2,1-2H3,(H,22,23). The predicted molar refractivity (Wildman–Crippen MR) is 97.2 cm³/mol. The van der Waals surface area contributed by atoms with Crippen LogP contribution in [0.1, 0.15) is 23.1 Å². The third-order valence-electron chi connectivity index (χ3n) is 4.03. The Bertz CT molecular complexity index is 656. The molecule has 0 aliphatic rings. The summed E-state index contributed by atoms with van der Waals surface area (Å²) in [7, 11) is 1.69. The molecule has 0 aromatic heterocycles. The zero-order valence-corrected chi connectivity index (χ0v) is 14.5. The van der Waals surface area contributed by atoms with Gasteiger partial charge in [0.25, 0.3) is 0 Å². The van der Waals surface area contributed by atoms with E-state index in [9.17, 15) is 4.79 Å². The Kier molecular flexibility index (Phi) is 7.30. The minimum Gasteiger partial charge on any atom is -0.496 e. The maximum atomic E-state index is 11.9. The minimum atomic E-state index is 0.0723. The summed E-state index contributed by atoms with van der Waals surface area (Å²) in [5.41, 5.74) is 3.54. The van der Waals surface area contributed by atoms with E-state index in [1.807, 2.05) is 36.4 Å². The van der Waals surface area contributed by atoms with Crippen LogP contribution in [0.25, 0.3) is 0 Å². The normalized spacial score (nSPS) is 10.4. The number of ether oxygens (including phenoxy) is 1. The molecule has 0 saturated heterocycles. The summed E-state index contributed by atoms with van der Waals surface area (Å²) >= 11 is 0. The van der Waals surface area contributed by atoms with E-state index in [4.69, 9.17) is 4.74 Å². The van der Waals surface area contributed by atoms with Gasteiger partial charge >= 0.3 is 0 Å². The first-order valence-electron chi connectivity index (χ1n) is 8.34. The second kappa shape index (κ2) is 9.73. The van der Waals surface area contributed by atoms with Gasteiger partial charge in [0.2, 0.25) is 5.91 Å². The lowest BCUT2D eigenvalue weighted by Gasteiger charge is -2.10. The smallest absolute Gasteiger partial charge is 0.221 e. The van der Waals surface area contributed by atoms with Crippen molar-refractivity contribution in [2.75, 3.05) is 20.2 Å². The summed E-state index contributed by atoms with van der Waals surface area (Å²) in [6.45, 7) is 4.15. The van der Waals surface area contributed by atoms with Crippen molar-refractivity contribution in [3.05, 3.63) is 65.2 Å². The monoisotopic (exact) mass is 326 g/mol. The van der Waals surface area contributed by atoms with E-state index in [2.05, 4.69) is 29.7 Å². The highest BCUT2D eigenvalue weighted by molar-refractivity contribution is 5.76. The highest BCUT2D eigenvalue weighted by Crippen LogP contribution is 2.17. The Morgan fingerprint density at radius 2 is 1.71 bits per heavy atom. The van der Waals surface area contributed by atoms with E-state index in [0.717, 1.165) is 24.3 Å². The van der Waals surface area contributed by atoms with Crippen LogP contribution in [0.5, 0.6) is 5.75 Å². The van der Waals surface area contributed by atoms with E-state index in [1.54, 1.807) is 7.11 Å². The maximum absolute atomic E-state index is 11.9. The van der Waals surface area contributed by atoms with Crippen LogP contribution < -0.4 is 15.4 Å². The number of carbonyl (C=O) groups excluding carboxylic acids is 1. The van der Waals surface area contributed by atoms with Crippen molar-refractivity contribution in [1.82, 2.24) is 10.6 Å². The molecule has 0 saturated carbocycles. The highest BCUT2D eigenvalue weighted by atomic mass is 16.5. The molecule has 2 rings (SSSR count). The van der Waals surface area contributed by atoms with E-state index in [-0.39, 0.29) is 5.91 Å². The first kappa shape index (κ1) is 18.0. The van der Waals surface area contributed by atoms with Crippen LogP contribution >= 0.6 is 0 Å². The number of aryl methyl sites for hydroxylation is 1. The van der Waals surface area contributed by atoms with Gasteiger partial charge in [0.15, 0.2) is 0 Å². The highest BCUT2D eigenvalue weighted by Gasteiger charge is 2.04. The summed E-state index contributed by atoms with van der Waals surface area (Å²) in [5, 5.41) is 6.28. The maximum Gasteiger partial charge on any atom is 0.221 e. The molecule has 2 N–H and O–H groups in total. The average molecular weight is 326 g/mol. The first-order valence-corrected chi connectivity index (χ1v) is 8.34. The van der Waals surface area contributed by atoms with Gasteiger partial charge in [-0.3, -0.25) is 4.79 Å². The third kappa shape index (κ3) is 5.70. The Morgan fingerprint density at radius 1 is 1.00 bits per heavy atom. The fourth-order valence-corrected chi connectivity index (χ4v) is 2.55. The van der Waals surface area contributed by atoms with Gasteiger partial charge in [-0.25, -0.2) is 0 Å². The number of nitrogens with one attached hydrogen (secondary N) is 2. The second-order valence-electron chi connectivity index (χ2n) is 5.77. The van der Waals surface area contributed by atoms with Gasteiger partial charge in [-0.2, -0.15) is 0 Å². The molecule has 0 radical (unpaired) electrons. The first-order chi connectivity index (χ1) is 11.7. The fraction of sp³-hybridized carbons (Fsp3) is 0.350. The molecule has 0 aliphatic heterocycles. The van der Waals surface area contributed by atoms with Gasteiger partial charge in [0, 0.05) is 19.5 Å². The summed E-state index contributed by atoms with van der Waals surface area (Å²) in [6.07, 6.45) is 1.37. The molecule has 128 valence electrons. The Hall–Kier alpha value is -2.33. The van der Waals surface area contributed by atoms with Crippen LogP contribution in [0, 0.1) is 6.92 Å². The zero-order valence-electron chi connectivity index (χ0n) is 14.5. The van der Waals surface area contributed by atoms with Gasteiger partial charge < -0.3 is 15.4 Å². The Labute approximate surface area is 144 Å². The number of methoxy groups -OCH3 is 1. The number of benzene rings is 2. The largest absolute Gasteiger partial charge is 0.496 e. The number of hydrogen-bond donors (Lipinski definition) is 2. The van der Waals surface area contributed by atoms with E-state index < -0.39 is 0 Å². The molecule has 0 heterocycles. The number of carbonyl (C=O) groups is 1. The van der Waals surface area contributed by atoms with Gasteiger partial charge in [-0.1, -0.05) is 42.5 Å². The number of hydrogen-bond acceptors (Lipinski definition) is 3. The van der Waals surface area contributed by atoms with Crippen molar-refractivity contribution in [1.29, 1.82) is 0 Å². The molecule has 4 heteroatoms. The van der Waals surface area contributed by atoms with Gasteiger partial charge in [-0.05, 0) is 42.6 Å². The molecular weight excluding hydrogens is 300 g/mol. The molecule has 2 aromatic carbocycles. The third-order valence-corrected chi connectivity index (χ3v) is 4.03. The van der Waals surface area contributed by atoms with Crippen molar-refractivity contribution in [3.8, 4) is 5.75 Å². The van der Waals surface area contributed by atoms with Crippen LogP contribution in [0.4, 0.5) is 0 Å². The molecule has 4 nitrogen and oxygen atoms in total. The molecule has 0 bridgehead atoms. The summed E-state index contributed by atoms with van der Waals surface area (Å²) in [4.78, 5) is 11.9. The van der Waals surface area contributed by atoms with Crippen molar-refractivity contribution >= 4 is 5.91 Å². The zero-order chi connectivity index (χ0) is 17.2. The molecule has 24 heavy (non-hydrogen) atoms. The van der Waals surface area contributed by atoms with Gasteiger partial charge in [-0.15, -0.1) is 0 Å². The van der Waals surface area contributed by atoms with Crippen LogP contribution in [0.15, 0.2) is 48.5 Å². The van der Waals surface area contributed by atoms with Crippen LogP contribution in [-0.4, -0.2) is 26.1 Å². The topological polar surface area (TPSA) is 50.4 Å². The Balaban J connectivity index is 1.62. The molecule has 0 aliphatic carbocycles. The molecule has 0 spiro atoms. The van der Waals surface area contributed by atoms with Crippen molar-refractivity contribution in [2.24, 2.45) is 0 Å². The van der Waals surface area contributed by atoms with E-state index >= 15 is 0 Å². The fourth-order valence-electron chi connectivity index (χ4n) is 2.55. The lowest BCUT2D eigenvalue weighted by Crippen LogP contribution is -2.28. The predicted octanol–water partition coefficient (Wildman–Crippen LogP) is 2.84. The molecule has 0 unspecified atom stereocenters. The number of para-hydroxylation sites is 1. The van der Waals surface area contributed by atoms with Crippen molar-refractivity contribution < 1.29 is 9.53 Å². The minimum absolute atomic E-state index is 0.0723. The van der Waals surface area contributed by atoms with Gasteiger partial charge in [0.05, 0.1) is 7.11 Å². The van der Waals surface area contributed by atoms with Crippen molar-refractivity contribution in [3.63, 3.8) is 0 Å². The lowest BCUT2D eigenvalue weighted by molar-refractivity contribution is -0.121. The van der Waals surface area contributed by atoms with Crippen LogP contribution in [-0.2, 0) is 17.8 Å².